The Morgan fingerprint density at radius 1 is 1.43 bits per heavy atom. The number of carbonyl (C=O) groups is 1. The maximum Gasteiger partial charge on any atom is 0.238 e. The van der Waals surface area contributed by atoms with E-state index in [0.717, 1.165) is 25.9 Å². The Morgan fingerprint density at radius 3 is 2.86 bits per heavy atom. The van der Waals surface area contributed by atoms with Crippen molar-refractivity contribution in [1.29, 1.82) is 0 Å². The minimum absolute atomic E-state index is 0. The van der Waals surface area contributed by atoms with Crippen LogP contribution in [0.3, 0.4) is 0 Å². The van der Waals surface area contributed by atoms with Gasteiger partial charge < -0.3 is 10.6 Å². The van der Waals surface area contributed by atoms with Gasteiger partial charge in [0.25, 0.3) is 0 Å². The average Bonchev–Trinajstić information content (AvgIpc) is 2.42. The van der Waals surface area contributed by atoms with Crippen molar-refractivity contribution in [2.75, 3.05) is 32.0 Å². The highest BCUT2D eigenvalue weighted by molar-refractivity contribution is 6.36. The second-order valence-electron chi connectivity index (χ2n) is 5.04. The molecule has 0 bridgehead atoms. The number of piperidine rings is 1. The Balaban J connectivity index is 0.00000220. The van der Waals surface area contributed by atoms with Crippen molar-refractivity contribution in [3.63, 3.8) is 0 Å². The lowest BCUT2D eigenvalue weighted by Gasteiger charge is -2.31. The van der Waals surface area contributed by atoms with Crippen molar-refractivity contribution in [3.8, 4) is 0 Å². The van der Waals surface area contributed by atoms with Crippen LogP contribution in [-0.2, 0) is 4.79 Å². The summed E-state index contributed by atoms with van der Waals surface area (Å²) >= 11 is 11.9. The van der Waals surface area contributed by atoms with Crippen LogP contribution in [0.4, 0.5) is 5.69 Å². The molecule has 21 heavy (non-hydrogen) atoms. The molecule has 0 saturated carbocycles. The monoisotopic (exact) mass is 351 g/mol. The predicted molar refractivity (Wildman–Crippen MR) is 90.9 cm³/mol. The van der Waals surface area contributed by atoms with Gasteiger partial charge in [-0.1, -0.05) is 23.2 Å². The fraction of sp³-hybridized carbons (Fsp3) is 0.500. The van der Waals surface area contributed by atoms with E-state index in [0.29, 0.717) is 28.3 Å². The summed E-state index contributed by atoms with van der Waals surface area (Å²) in [6.07, 6.45) is 2.28. The molecule has 1 aromatic rings. The molecule has 0 aromatic heterocycles. The van der Waals surface area contributed by atoms with Crippen molar-refractivity contribution >= 4 is 47.2 Å². The molecule has 1 unspecified atom stereocenters. The predicted octanol–water partition coefficient (Wildman–Crippen LogP) is 3.04. The number of nitrogens with zero attached hydrogens (tertiary/aromatic N) is 1. The summed E-state index contributed by atoms with van der Waals surface area (Å²) in [5.41, 5.74) is 0.600. The van der Waals surface area contributed by atoms with Gasteiger partial charge in [-0.2, -0.15) is 0 Å². The van der Waals surface area contributed by atoms with Gasteiger partial charge in [0.1, 0.15) is 0 Å². The minimum Gasteiger partial charge on any atom is -0.324 e. The molecule has 2 rings (SSSR count). The quantitative estimate of drug-likeness (QED) is 0.875. The highest BCUT2D eigenvalue weighted by Crippen LogP contribution is 2.25. The Hall–Kier alpha value is -0.520. The number of benzene rings is 1. The summed E-state index contributed by atoms with van der Waals surface area (Å²) in [6.45, 7) is 2.25. The van der Waals surface area contributed by atoms with Gasteiger partial charge in [-0.25, -0.2) is 0 Å². The van der Waals surface area contributed by atoms with E-state index < -0.39 is 0 Å². The van der Waals surface area contributed by atoms with E-state index in [4.69, 9.17) is 23.2 Å². The van der Waals surface area contributed by atoms with E-state index in [1.807, 2.05) is 7.05 Å². The minimum atomic E-state index is -0.0500. The second-order valence-corrected chi connectivity index (χ2v) is 5.88. The Morgan fingerprint density at radius 2 is 2.19 bits per heavy atom. The van der Waals surface area contributed by atoms with Gasteiger partial charge in [0, 0.05) is 17.6 Å². The largest absolute Gasteiger partial charge is 0.324 e. The van der Waals surface area contributed by atoms with Crippen molar-refractivity contribution in [1.82, 2.24) is 10.2 Å². The average molecular weight is 353 g/mol. The van der Waals surface area contributed by atoms with E-state index in [9.17, 15) is 4.79 Å². The van der Waals surface area contributed by atoms with E-state index in [-0.39, 0.29) is 18.3 Å². The lowest BCUT2D eigenvalue weighted by molar-refractivity contribution is -0.117. The lowest BCUT2D eigenvalue weighted by Crippen LogP contribution is -2.46. The fourth-order valence-electron chi connectivity index (χ4n) is 2.42. The topological polar surface area (TPSA) is 44.4 Å². The first-order valence-electron chi connectivity index (χ1n) is 6.73. The first kappa shape index (κ1) is 18.5. The second kappa shape index (κ2) is 8.81. The zero-order valence-corrected chi connectivity index (χ0v) is 14.2. The lowest BCUT2D eigenvalue weighted by atomic mass is 10.1. The number of anilines is 1. The van der Waals surface area contributed by atoms with Gasteiger partial charge in [-0.05, 0) is 44.6 Å². The number of likely N-dealkylation sites (tertiary alicyclic amines) is 1. The Kier molecular flexibility index (Phi) is 7.77. The van der Waals surface area contributed by atoms with E-state index >= 15 is 0 Å². The van der Waals surface area contributed by atoms with Crippen LogP contribution in [0.15, 0.2) is 18.2 Å². The van der Waals surface area contributed by atoms with E-state index in [1.54, 1.807) is 18.2 Å². The molecule has 1 heterocycles. The van der Waals surface area contributed by atoms with Gasteiger partial charge in [0.15, 0.2) is 0 Å². The summed E-state index contributed by atoms with van der Waals surface area (Å²) in [4.78, 5) is 14.2. The normalized spacial score (nSPS) is 18.9. The molecule has 1 aliphatic rings. The number of hydrogen-bond acceptors (Lipinski definition) is 3. The van der Waals surface area contributed by atoms with Crippen molar-refractivity contribution < 1.29 is 4.79 Å². The number of nitrogens with one attached hydrogen (secondary N) is 2. The molecule has 0 spiro atoms. The molecule has 0 aliphatic carbocycles. The Labute approximate surface area is 141 Å². The number of carbonyl (C=O) groups excluding carboxylic acids is 1. The molecule has 1 fully saturated rings. The zero-order valence-electron chi connectivity index (χ0n) is 11.9. The van der Waals surface area contributed by atoms with Crippen molar-refractivity contribution in [2.24, 2.45) is 0 Å². The molecule has 1 aliphatic heterocycles. The molecule has 1 saturated heterocycles. The molecule has 7 heteroatoms. The highest BCUT2D eigenvalue weighted by Gasteiger charge is 2.20. The molecule has 1 amide bonds. The summed E-state index contributed by atoms with van der Waals surface area (Å²) in [5, 5.41) is 7.10. The third-order valence-corrected chi connectivity index (χ3v) is 4.03. The standard InChI is InChI=1S/C14H19Cl2N3O.ClH/c1-17-11-3-2-6-19(8-11)9-14(20)18-13-5-4-10(15)7-12(13)16;/h4-5,7,11,17H,2-3,6,8-9H2,1H3,(H,18,20);1H. The molecule has 2 N–H and O–H groups in total. The van der Waals surface area contributed by atoms with Crippen LogP contribution in [-0.4, -0.2) is 43.5 Å². The first-order chi connectivity index (χ1) is 9.58. The van der Waals surface area contributed by atoms with E-state index in [2.05, 4.69) is 15.5 Å². The zero-order chi connectivity index (χ0) is 14.5. The SMILES string of the molecule is CNC1CCCN(CC(=O)Nc2ccc(Cl)cc2Cl)C1.Cl. The third kappa shape index (κ3) is 5.64. The summed E-state index contributed by atoms with van der Waals surface area (Å²) in [7, 11) is 1.96. The number of likely N-dealkylation sites (N-methyl/N-ethyl adjacent to an activating group) is 1. The highest BCUT2D eigenvalue weighted by atomic mass is 35.5. The molecule has 4 nitrogen and oxygen atoms in total. The molecular formula is C14H20Cl3N3O. The summed E-state index contributed by atoms with van der Waals surface area (Å²) in [6, 6.07) is 5.52. The van der Waals surface area contributed by atoms with Crippen molar-refractivity contribution in [3.05, 3.63) is 28.2 Å². The van der Waals surface area contributed by atoms with Crippen molar-refractivity contribution in [2.45, 2.75) is 18.9 Å². The van der Waals surface area contributed by atoms with E-state index in [1.165, 1.54) is 0 Å². The fourth-order valence-corrected chi connectivity index (χ4v) is 2.87. The van der Waals surface area contributed by atoms with Gasteiger partial charge in [-0.15, -0.1) is 12.4 Å². The van der Waals surface area contributed by atoms with Crippen LogP contribution in [0, 0.1) is 0 Å². The van der Waals surface area contributed by atoms with Crippen LogP contribution in [0.5, 0.6) is 0 Å². The maximum absolute atomic E-state index is 12.0. The number of amides is 1. The number of rotatable bonds is 4. The van der Waals surface area contributed by atoms with Gasteiger partial charge in [-0.3, -0.25) is 9.69 Å². The summed E-state index contributed by atoms with van der Waals surface area (Å²) in [5.74, 6) is -0.0500. The van der Waals surface area contributed by atoms with Crippen LogP contribution >= 0.6 is 35.6 Å². The molecule has 1 aromatic carbocycles. The van der Waals surface area contributed by atoms with Gasteiger partial charge in [0.2, 0.25) is 5.91 Å². The van der Waals surface area contributed by atoms with Gasteiger partial charge in [0.05, 0.1) is 17.3 Å². The van der Waals surface area contributed by atoms with Gasteiger partial charge >= 0.3 is 0 Å². The first-order valence-corrected chi connectivity index (χ1v) is 7.48. The van der Waals surface area contributed by atoms with Crippen LogP contribution < -0.4 is 10.6 Å². The Bertz CT molecular complexity index is 485. The maximum atomic E-state index is 12.0. The smallest absolute Gasteiger partial charge is 0.238 e. The molecule has 1 atom stereocenters. The van der Waals surface area contributed by atoms with Crippen LogP contribution in [0.2, 0.25) is 10.0 Å². The third-order valence-electron chi connectivity index (χ3n) is 3.49. The molecule has 118 valence electrons. The number of hydrogen-bond donors (Lipinski definition) is 2. The molecule has 0 radical (unpaired) electrons. The number of halogens is 3. The molecular weight excluding hydrogens is 333 g/mol. The van der Waals surface area contributed by atoms with Crippen LogP contribution in [0.25, 0.3) is 0 Å². The van der Waals surface area contributed by atoms with Crippen LogP contribution in [0.1, 0.15) is 12.8 Å². The summed E-state index contributed by atoms with van der Waals surface area (Å²) < 4.78 is 0.